The number of anilines is 1. The zero-order valence-corrected chi connectivity index (χ0v) is 9.89. The molecule has 1 saturated heterocycles. The number of hydrogen-bond acceptors (Lipinski definition) is 4. The van der Waals surface area contributed by atoms with Gasteiger partial charge in [-0.15, -0.1) is 0 Å². The highest BCUT2D eigenvalue weighted by atomic mass is 19.4. The fourth-order valence-corrected chi connectivity index (χ4v) is 2.26. The lowest BCUT2D eigenvalue weighted by molar-refractivity contribution is -0.137. The Morgan fingerprint density at radius 2 is 1.95 bits per heavy atom. The van der Waals surface area contributed by atoms with E-state index in [0.717, 1.165) is 23.1 Å². The van der Waals surface area contributed by atoms with E-state index >= 15 is 0 Å². The molecule has 0 bridgehead atoms. The van der Waals surface area contributed by atoms with Crippen LogP contribution in [-0.4, -0.2) is 24.1 Å². The Morgan fingerprint density at radius 3 is 2.60 bits per heavy atom. The summed E-state index contributed by atoms with van der Waals surface area (Å²) < 4.78 is 38.0. The van der Waals surface area contributed by atoms with Crippen molar-refractivity contribution in [3.05, 3.63) is 29.8 Å². The number of carbonyl (C=O) groups is 2. The minimum absolute atomic E-state index is 0.0839. The standard InChI is InChI=1S/C12H8F3N3O2/c13-12(14,15)6-2-1-3-7(4-6)18-10(19)8-5-16-17-9(8)11(18)20/h1-5,8-9,17H/t8-,9-/m1/s1. The molecule has 5 nitrogen and oxygen atoms in total. The second-order valence-corrected chi connectivity index (χ2v) is 4.47. The number of halogens is 3. The van der Waals surface area contributed by atoms with Gasteiger partial charge in [-0.3, -0.25) is 15.0 Å². The van der Waals surface area contributed by atoms with Crippen molar-refractivity contribution >= 4 is 23.7 Å². The molecular formula is C12H8F3N3O2. The van der Waals surface area contributed by atoms with Crippen LogP contribution in [0, 0.1) is 5.92 Å². The largest absolute Gasteiger partial charge is 0.416 e. The number of benzene rings is 1. The molecule has 20 heavy (non-hydrogen) atoms. The highest BCUT2D eigenvalue weighted by molar-refractivity contribution is 6.28. The van der Waals surface area contributed by atoms with E-state index in [0.29, 0.717) is 0 Å². The number of amides is 2. The number of hydrazone groups is 1. The lowest BCUT2D eigenvalue weighted by Gasteiger charge is -2.16. The lowest BCUT2D eigenvalue weighted by atomic mass is 10.1. The number of fused-ring (bicyclic) bond motifs is 1. The van der Waals surface area contributed by atoms with Crippen LogP contribution in [0.15, 0.2) is 29.4 Å². The van der Waals surface area contributed by atoms with E-state index in [4.69, 9.17) is 0 Å². The van der Waals surface area contributed by atoms with Crippen molar-refractivity contribution in [1.82, 2.24) is 5.43 Å². The fraction of sp³-hybridized carbons (Fsp3) is 0.250. The second-order valence-electron chi connectivity index (χ2n) is 4.47. The van der Waals surface area contributed by atoms with Crippen LogP contribution < -0.4 is 10.3 Å². The third-order valence-corrected chi connectivity index (χ3v) is 3.23. The van der Waals surface area contributed by atoms with Crippen LogP contribution in [0.4, 0.5) is 18.9 Å². The van der Waals surface area contributed by atoms with Gasteiger partial charge in [0.05, 0.1) is 11.3 Å². The van der Waals surface area contributed by atoms with Gasteiger partial charge < -0.3 is 0 Å². The smallest absolute Gasteiger partial charge is 0.297 e. The first-order chi connectivity index (χ1) is 9.39. The molecule has 2 amide bonds. The Kier molecular flexibility index (Phi) is 2.56. The molecule has 1 fully saturated rings. The monoisotopic (exact) mass is 283 g/mol. The van der Waals surface area contributed by atoms with Crippen molar-refractivity contribution in [2.24, 2.45) is 11.0 Å². The Bertz CT molecular complexity index is 627. The summed E-state index contributed by atoms with van der Waals surface area (Å²) in [6.45, 7) is 0. The lowest BCUT2D eigenvalue weighted by Crippen LogP contribution is -2.36. The number of alkyl halides is 3. The zero-order valence-electron chi connectivity index (χ0n) is 9.89. The van der Waals surface area contributed by atoms with Crippen molar-refractivity contribution in [2.45, 2.75) is 12.2 Å². The molecule has 0 aliphatic carbocycles. The van der Waals surface area contributed by atoms with E-state index in [-0.39, 0.29) is 5.69 Å². The van der Waals surface area contributed by atoms with Gasteiger partial charge in [0.25, 0.3) is 5.91 Å². The summed E-state index contributed by atoms with van der Waals surface area (Å²) in [5, 5.41) is 3.63. The van der Waals surface area contributed by atoms with E-state index in [1.807, 2.05) is 0 Å². The first kappa shape index (κ1) is 12.6. The maximum Gasteiger partial charge on any atom is 0.416 e. The van der Waals surface area contributed by atoms with Gasteiger partial charge in [-0.25, -0.2) is 4.90 Å². The van der Waals surface area contributed by atoms with Crippen molar-refractivity contribution in [2.75, 3.05) is 4.90 Å². The molecular weight excluding hydrogens is 275 g/mol. The van der Waals surface area contributed by atoms with Crippen LogP contribution in [0.3, 0.4) is 0 Å². The van der Waals surface area contributed by atoms with E-state index in [9.17, 15) is 22.8 Å². The Morgan fingerprint density at radius 1 is 1.20 bits per heavy atom. The van der Waals surface area contributed by atoms with E-state index < -0.39 is 35.5 Å². The molecule has 2 heterocycles. The predicted octanol–water partition coefficient (Wildman–Crippen LogP) is 1.15. The molecule has 104 valence electrons. The molecule has 1 aromatic carbocycles. The fourth-order valence-electron chi connectivity index (χ4n) is 2.26. The van der Waals surface area contributed by atoms with Gasteiger partial charge in [-0.2, -0.15) is 18.3 Å². The SMILES string of the molecule is O=C1[C@@H]2C=NN[C@H]2C(=O)N1c1cccc(C(F)(F)F)c1. The van der Waals surface area contributed by atoms with Crippen LogP contribution in [0.5, 0.6) is 0 Å². The maximum atomic E-state index is 12.7. The van der Waals surface area contributed by atoms with Gasteiger partial charge in [0.2, 0.25) is 5.91 Å². The van der Waals surface area contributed by atoms with Gasteiger partial charge in [0.15, 0.2) is 0 Å². The molecule has 2 aliphatic rings. The quantitative estimate of drug-likeness (QED) is 0.786. The van der Waals surface area contributed by atoms with Gasteiger partial charge in [0.1, 0.15) is 12.0 Å². The average Bonchev–Trinajstić information content (AvgIpc) is 2.94. The zero-order chi connectivity index (χ0) is 14.5. The molecule has 3 rings (SSSR count). The molecule has 0 spiro atoms. The van der Waals surface area contributed by atoms with Gasteiger partial charge in [0, 0.05) is 6.21 Å². The third kappa shape index (κ3) is 1.75. The van der Waals surface area contributed by atoms with Crippen molar-refractivity contribution in [3.8, 4) is 0 Å². The van der Waals surface area contributed by atoms with Crippen LogP contribution >= 0.6 is 0 Å². The van der Waals surface area contributed by atoms with Crippen LogP contribution in [0.2, 0.25) is 0 Å². The number of rotatable bonds is 1. The normalized spacial score (nSPS) is 25.1. The third-order valence-electron chi connectivity index (χ3n) is 3.23. The molecule has 1 aromatic rings. The molecule has 2 atom stereocenters. The first-order valence-electron chi connectivity index (χ1n) is 5.73. The molecule has 0 aromatic heterocycles. The van der Waals surface area contributed by atoms with Crippen LogP contribution in [0.25, 0.3) is 0 Å². The van der Waals surface area contributed by atoms with Crippen LogP contribution in [-0.2, 0) is 15.8 Å². The Labute approximate surface area is 111 Å². The molecule has 8 heteroatoms. The van der Waals surface area contributed by atoms with Gasteiger partial charge in [-0.1, -0.05) is 6.07 Å². The number of nitrogens with zero attached hydrogens (tertiary/aromatic N) is 2. The summed E-state index contributed by atoms with van der Waals surface area (Å²) in [7, 11) is 0. The molecule has 0 unspecified atom stereocenters. The summed E-state index contributed by atoms with van der Waals surface area (Å²) >= 11 is 0. The second kappa shape index (κ2) is 4.06. The topological polar surface area (TPSA) is 61.8 Å². The Hall–Kier alpha value is -2.38. The Balaban J connectivity index is 2.00. The minimum atomic E-state index is -4.53. The van der Waals surface area contributed by atoms with Gasteiger partial charge >= 0.3 is 6.18 Å². The average molecular weight is 283 g/mol. The number of hydrogen-bond donors (Lipinski definition) is 1. The van der Waals surface area contributed by atoms with Crippen LogP contribution in [0.1, 0.15) is 5.56 Å². The minimum Gasteiger partial charge on any atom is -0.297 e. The molecule has 1 N–H and O–H groups in total. The molecule has 2 aliphatic heterocycles. The summed E-state index contributed by atoms with van der Waals surface area (Å²) in [5.41, 5.74) is 1.49. The van der Waals surface area contributed by atoms with Crippen molar-refractivity contribution in [3.63, 3.8) is 0 Å². The first-order valence-corrected chi connectivity index (χ1v) is 5.73. The van der Waals surface area contributed by atoms with E-state index in [1.165, 1.54) is 12.3 Å². The molecule has 0 radical (unpaired) electrons. The number of carbonyl (C=O) groups excluding carboxylic acids is 2. The summed E-state index contributed by atoms with van der Waals surface area (Å²) in [6.07, 6.45) is -3.24. The van der Waals surface area contributed by atoms with Crippen molar-refractivity contribution in [1.29, 1.82) is 0 Å². The molecule has 0 saturated carbocycles. The maximum absolute atomic E-state index is 12.7. The summed E-state index contributed by atoms with van der Waals surface area (Å²) in [5.74, 6) is -1.93. The highest BCUT2D eigenvalue weighted by Gasteiger charge is 2.50. The number of nitrogens with one attached hydrogen (secondary N) is 1. The van der Waals surface area contributed by atoms with E-state index in [2.05, 4.69) is 10.5 Å². The van der Waals surface area contributed by atoms with Gasteiger partial charge in [-0.05, 0) is 18.2 Å². The predicted molar refractivity (Wildman–Crippen MR) is 62.8 cm³/mol. The van der Waals surface area contributed by atoms with E-state index in [1.54, 1.807) is 0 Å². The van der Waals surface area contributed by atoms with Crippen molar-refractivity contribution < 1.29 is 22.8 Å². The number of imide groups is 1. The summed E-state index contributed by atoms with van der Waals surface area (Å²) in [6, 6.07) is 3.30. The summed E-state index contributed by atoms with van der Waals surface area (Å²) in [4.78, 5) is 24.9. The highest BCUT2D eigenvalue weighted by Crippen LogP contribution is 2.34.